The van der Waals surface area contributed by atoms with Crippen molar-refractivity contribution in [1.82, 2.24) is 5.32 Å². The minimum Gasteiger partial charge on any atom is -0.313 e. The van der Waals surface area contributed by atoms with Crippen LogP contribution in [0.25, 0.3) is 11.1 Å². The van der Waals surface area contributed by atoms with E-state index in [-0.39, 0.29) is 17.5 Å². The predicted molar refractivity (Wildman–Crippen MR) is 76.0 cm³/mol. The highest BCUT2D eigenvalue weighted by Crippen LogP contribution is 2.31. The fraction of sp³-hybridized carbons (Fsp3) is 0.200. The van der Waals surface area contributed by atoms with Crippen LogP contribution in [0.4, 0.5) is 10.1 Å². The van der Waals surface area contributed by atoms with E-state index in [1.54, 1.807) is 18.2 Å². The minimum atomic E-state index is -0.454. The van der Waals surface area contributed by atoms with Crippen LogP contribution in [0.5, 0.6) is 0 Å². The molecule has 0 radical (unpaired) electrons. The first kappa shape index (κ1) is 14.1. The summed E-state index contributed by atoms with van der Waals surface area (Å²) >= 11 is 0. The van der Waals surface area contributed by atoms with Gasteiger partial charge >= 0.3 is 0 Å². The van der Waals surface area contributed by atoms with Gasteiger partial charge in [0.25, 0.3) is 5.69 Å². The quantitative estimate of drug-likeness (QED) is 0.683. The van der Waals surface area contributed by atoms with E-state index in [1.807, 2.05) is 14.0 Å². The predicted octanol–water partition coefficient (Wildman–Crippen LogP) is 3.68. The zero-order chi connectivity index (χ0) is 14.7. The highest BCUT2D eigenvalue weighted by atomic mass is 19.1. The summed E-state index contributed by atoms with van der Waals surface area (Å²) in [6.07, 6.45) is 0. The number of halogens is 1. The summed E-state index contributed by atoms with van der Waals surface area (Å²) in [5.74, 6) is -0.362. The van der Waals surface area contributed by atoms with Gasteiger partial charge in [-0.25, -0.2) is 4.39 Å². The van der Waals surface area contributed by atoms with Gasteiger partial charge < -0.3 is 5.32 Å². The second-order valence-electron chi connectivity index (χ2n) is 4.55. The molecule has 0 bridgehead atoms. The number of rotatable bonds is 4. The molecule has 2 aromatic rings. The number of non-ortho nitro benzene ring substituents is 1. The molecule has 2 rings (SSSR count). The summed E-state index contributed by atoms with van der Waals surface area (Å²) in [6.45, 7) is 1.95. The van der Waals surface area contributed by atoms with Crippen molar-refractivity contribution in [2.75, 3.05) is 7.05 Å². The monoisotopic (exact) mass is 274 g/mol. The molecule has 0 fully saturated rings. The molecule has 0 amide bonds. The normalized spacial score (nSPS) is 12.2. The molecule has 0 aliphatic rings. The third-order valence-electron chi connectivity index (χ3n) is 3.28. The van der Waals surface area contributed by atoms with Crippen LogP contribution in [-0.4, -0.2) is 12.0 Å². The van der Waals surface area contributed by atoms with E-state index < -0.39 is 4.92 Å². The van der Waals surface area contributed by atoms with E-state index in [2.05, 4.69) is 5.32 Å². The SMILES string of the molecule is CNC(C)c1ccc(F)cc1-c1cccc([N+](=O)[O-])c1. The molecule has 1 unspecified atom stereocenters. The van der Waals surface area contributed by atoms with Gasteiger partial charge in [0, 0.05) is 18.2 Å². The Morgan fingerprint density at radius 1 is 1.25 bits per heavy atom. The zero-order valence-corrected chi connectivity index (χ0v) is 11.3. The van der Waals surface area contributed by atoms with Crippen LogP contribution >= 0.6 is 0 Å². The lowest BCUT2D eigenvalue weighted by atomic mass is 9.95. The average Bonchev–Trinajstić information content (AvgIpc) is 2.46. The van der Waals surface area contributed by atoms with Crippen molar-refractivity contribution in [3.63, 3.8) is 0 Å². The summed E-state index contributed by atoms with van der Waals surface area (Å²) in [6, 6.07) is 10.7. The first-order valence-electron chi connectivity index (χ1n) is 6.24. The van der Waals surface area contributed by atoms with Crippen LogP contribution in [0.3, 0.4) is 0 Å². The van der Waals surface area contributed by atoms with Crippen molar-refractivity contribution in [2.45, 2.75) is 13.0 Å². The molecule has 0 aromatic heterocycles. The van der Waals surface area contributed by atoms with Crippen LogP contribution in [0, 0.1) is 15.9 Å². The lowest BCUT2D eigenvalue weighted by Gasteiger charge is -2.16. The maximum atomic E-state index is 13.5. The van der Waals surface area contributed by atoms with E-state index in [0.717, 1.165) is 5.56 Å². The number of nitrogens with one attached hydrogen (secondary N) is 1. The van der Waals surface area contributed by atoms with E-state index in [0.29, 0.717) is 11.1 Å². The molecule has 20 heavy (non-hydrogen) atoms. The van der Waals surface area contributed by atoms with E-state index in [9.17, 15) is 14.5 Å². The van der Waals surface area contributed by atoms with Gasteiger partial charge in [0.2, 0.25) is 0 Å². The Balaban J connectivity index is 2.59. The topological polar surface area (TPSA) is 55.2 Å². The summed E-state index contributed by atoms with van der Waals surface area (Å²) in [4.78, 5) is 10.4. The Kier molecular flexibility index (Phi) is 4.10. The summed E-state index contributed by atoms with van der Waals surface area (Å²) in [5.41, 5.74) is 2.19. The maximum absolute atomic E-state index is 13.5. The average molecular weight is 274 g/mol. The van der Waals surface area contributed by atoms with Crippen molar-refractivity contribution >= 4 is 5.69 Å². The molecule has 1 N–H and O–H groups in total. The minimum absolute atomic E-state index is 0.00479. The number of benzene rings is 2. The van der Waals surface area contributed by atoms with Crippen LogP contribution in [-0.2, 0) is 0 Å². The third kappa shape index (κ3) is 2.83. The van der Waals surface area contributed by atoms with Crippen LogP contribution in [0.1, 0.15) is 18.5 Å². The van der Waals surface area contributed by atoms with Gasteiger partial charge in [0.15, 0.2) is 0 Å². The Labute approximate surface area is 116 Å². The zero-order valence-electron chi connectivity index (χ0n) is 11.3. The van der Waals surface area contributed by atoms with Gasteiger partial charge in [-0.3, -0.25) is 10.1 Å². The molecular weight excluding hydrogens is 259 g/mol. The number of hydrogen-bond acceptors (Lipinski definition) is 3. The molecule has 2 aromatic carbocycles. The van der Waals surface area contributed by atoms with Crippen molar-refractivity contribution in [3.8, 4) is 11.1 Å². The molecule has 0 saturated carbocycles. The standard InChI is InChI=1S/C15H15FN2O2/c1-10(17-2)14-7-6-12(16)9-15(14)11-4-3-5-13(8-11)18(19)20/h3-10,17H,1-2H3. The Bertz CT molecular complexity index is 644. The number of nitro benzene ring substituents is 1. The van der Waals surface area contributed by atoms with Crippen molar-refractivity contribution in [3.05, 3.63) is 64.0 Å². The molecule has 5 heteroatoms. The molecule has 0 aliphatic heterocycles. The second kappa shape index (κ2) is 5.79. The lowest BCUT2D eigenvalue weighted by Crippen LogP contribution is -2.13. The van der Waals surface area contributed by atoms with Crippen LogP contribution in [0.2, 0.25) is 0 Å². The molecule has 1 atom stereocenters. The third-order valence-corrected chi connectivity index (χ3v) is 3.28. The van der Waals surface area contributed by atoms with Gasteiger partial charge in [-0.1, -0.05) is 18.2 Å². The number of nitrogens with zero attached hydrogens (tertiary/aromatic N) is 1. The van der Waals surface area contributed by atoms with Gasteiger partial charge in [-0.05, 0) is 42.8 Å². The first-order valence-corrected chi connectivity index (χ1v) is 6.24. The maximum Gasteiger partial charge on any atom is 0.270 e. The lowest BCUT2D eigenvalue weighted by molar-refractivity contribution is -0.384. The Morgan fingerprint density at radius 2 is 2.00 bits per heavy atom. The van der Waals surface area contributed by atoms with Crippen molar-refractivity contribution in [2.24, 2.45) is 0 Å². The fourth-order valence-corrected chi connectivity index (χ4v) is 2.10. The smallest absolute Gasteiger partial charge is 0.270 e. The number of hydrogen-bond donors (Lipinski definition) is 1. The molecule has 104 valence electrons. The van der Waals surface area contributed by atoms with Gasteiger partial charge in [0.05, 0.1) is 4.92 Å². The molecule has 0 spiro atoms. The second-order valence-corrected chi connectivity index (χ2v) is 4.55. The fourth-order valence-electron chi connectivity index (χ4n) is 2.10. The molecule has 0 saturated heterocycles. The first-order chi connectivity index (χ1) is 9.52. The highest BCUT2D eigenvalue weighted by molar-refractivity contribution is 5.70. The molecule has 0 heterocycles. The van der Waals surface area contributed by atoms with Crippen LogP contribution < -0.4 is 5.32 Å². The van der Waals surface area contributed by atoms with E-state index in [1.165, 1.54) is 24.3 Å². The molecule has 0 aliphatic carbocycles. The molecular formula is C15H15FN2O2. The summed E-state index contributed by atoms with van der Waals surface area (Å²) in [5, 5.41) is 13.9. The molecule has 4 nitrogen and oxygen atoms in total. The summed E-state index contributed by atoms with van der Waals surface area (Å²) in [7, 11) is 1.81. The van der Waals surface area contributed by atoms with Gasteiger partial charge in [-0.15, -0.1) is 0 Å². The van der Waals surface area contributed by atoms with E-state index in [4.69, 9.17) is 0 Å². The van der Waals surface area contributed by atoms with Gasteiger partial charge in [0.1, 0.15) is 5.82 Å². The Hall–Kier alpha value is -2.27. The largest absolute Gasteiger partial charge is 0.313 e. The van der Waals surface area contributed by atoms with Crippen LogP contribution in [0.15, 0.2) is 42.5 Å². The van der Waals surface area contributed by atoms with Gasteiger partial charge in [-0.2, -0.15) is 0 Å². The number of nitro groups is 1. The van der Waals surface area contributed by atoms with E-state index >= 15 is 0 Å². The Morgan fingerprint density at radius 3 is 2.65 bits per heavy atom. The van der Waals surface area contributed by atoms with Crippen molar-refractivity contribution in [1.29, 1.82) is 0 Å². The highest BCUT2D eigenvalue weighted by Gasteiger charge is 2.14. The summed E-state index contributed by atoms with van der Waals surface area (Å²) < 4.78 is 13.5. The van der Waals surface area contributed by atoms with Crippen molar-refractivity contribution < 1.29 is 9.31 Å².